The lowest BCUT2D eigenvalue weighted by Crippen LogP contribution is -2.37. The maximum Gasteiger partial charge on any atom is 0.229 e. The number of aromatic hydroxyl groups is 1. The highest BCUT2D eigenvalue weighted by Gasteiger charge is 2.27. The van der Waals surface area contributed by atoms with Crippen LogP contribution in [0.5, 0.6) is 5.75 Å². The summed E-state index contributed by atoms with van der Waals surface area (Å²) in [5, 5.41) is 12.4. The molecule has 4 nitrogen and oxygen atoms in total. The Morgan fingerprint density at radius 3 is 2.79 bits per heavy atom. The molecular formula is C14H19ClN2O2. The molecule has 4 N–H and O–H groups in total. The molecule has 1 fully saturated rings. The van der Waals surface area contributed by atoms with Crippen molar-refractivity contribution in [1.82, 2.24) is 0 Å². The van der Waals surface area contributed by atoms with E-state index < -0.39 is 0 Å². The smallest absolute Gasteiger partial charge is 0.229 e. The molecule has 2 atom stereocenters. The number of amides is 1. The normalized spacial score (nSPS) is 23.7. The first-order chi connectivity index (χ1) is 9.08. The molecule has 1 amide bonds. The van der Waals surface area contributed by atoms with Gasteiger partial charge in [-0.05, 0) is 31.0 Å². The van der Waals surface area contributed by atoms with Crippen LogP contribution in [0.2, 0.25) is 5.02 Å². The maximum absolute atomic E-state index is 12.2. The summed E-state index contributed by atoms with van der Waals surface area (Å²) in [7, 11) is 0. The molecule has 0 radical (unpaired) electrons. The van der Waals surface area contributed by atoms with Gasteiger partial charge in [0.25, 0.3) is 0 Å². The van der Waals surface area contributed by atoms with E-state index in [2.05, 4.69) is 5.32 Å². The summed E-state index contributed by atoms with van der Waals surface area (Å²) < 4.78 is 0. The number of phenols is 1. The average Bonchev–Trinajstić information content (AvgIpc) is 2.58. The van der Waals surface area contributed by atoms with Gasteiger partial charge in [0.15, 0.2) is 0 Å². The van der Waals surface area contributed by atoms with Gasteiger partial charge in [0, 0.05) is 11.7 Å². The molecule has 2 rings (SSSR count). The molecule has 1 aliphatic rings. The van der Waals surface area contributed by atoms with Crippen LogP contribution < -0.4 is 11.1 Å². The number of benzene rings is 1. The number of anilines is 1. The van der Waals surface area contributed by atoms with Gasteiger partial charge in [-0.3, -0.25) is 4.79 Å². The molecule has 19 heavy (non-hydrogen) atoms. The third-order valence-electron chi connectivity index (χ3n) is 3.62. The zero-order chi connectivity index (χ0) is 13.8. The molecule has 0 aliphatic heterocycles. The third kappa shape index (κ3) is 3.61. The largest absolute Gasteiger partial charge is 0.506 e. The highest BCUT2D eigenvalue weighted by Crippen LogP contribution is 2.28. The second kappa shape index (κ2) is 6.26. The van der Waals surface area contributed by atoms with Crippen molar-refractivity contribution in [2.24, 2.45) is 11.7 Å². The number of rotatable bonds is 2. The Balaban J connectivity index is 2.04. The van der Waals surface area contributed by atoms with E-state index >= 15 is 0 Å². The molecule has 5 heteroatoms. The van der Waals surface area contributed by atoms with Crippen LogP contribution in [0.1, 0.15) is 32.1 Å². The topological polar surface area (TPSA) is 75.4 Å². The van der Waals surface area contributed by atoms with Crippen molar-refractivity contribution in [3.8, 4) is 5.75 Å². The van der Waals surface area contributed by atoms with E-state index in [1.54, 1.807) is 6.07 Å². The van der Waals surface area contributed by atoms with Crippen LogP contribution in [0, 0.1) is 5.92 Å². The van der Waals surface area contributed by atoms with Gasteiger partial charge in [0.1, 0.15) is 5.75 Å². The predicted octanol–water partition coefficient (Wildman–Crippen LogP) is 2.89. The molecular weight excluding hydrogens is 264 g/mol. The van der Waals surface area contributed by atoms with E-state index in [1.165, 1.54) is 12.1 Å². The van der Waals surface area contributed by atoms with Crippen molar-refractivity contribution in [1.29, 1.82) is 0 Å². The quantitative estimate of drug-likeness (QED) is 0.577. The summed E-state index contributed by atoms with van der Waals surface area (Å²) in [6.07, 6.45) is 5.01. The number of halogens is 1. The van der Waals surface area contributed by atoms with Crippen molar-refractivity contribution < 1.29 is 9.90 Å². The van der Waals surface area contributed by atoms with E-state index in [9.17, 15) is 9.90 Å². The molecule has 104 valence electrons. The highest BCUT2D eigenvalue weighted by atomic mass is 35.5. The minimum absolute atomic E-state index is 0.00540. The lowest BCUT2D eigenvalue weighted by atomic mass is 9.94. The molecule has 1 aromatic rings. The number of nitrogens with two attached hydrogens (primary N) is 1. The molecule has 1 saturated carbocycles. The van der Waals surface area contributed by atoms with E-state index in [0.717, 1.165) is 32.1 Å². The SMILES string of the molecule is NC1CCCCCC1C(=O)Nc1ccc(O)c(Cl)c1. The molecule has 0 saturated heterocycles. The second-order valence-corrected chi connectivity index (χ2v) is 5.47. The van der Waals surface area contributed by atoms with Gasteiger partial charge >= 0.3 is 0 Å². The lowest BCUT2D eigenvalue weighted by Gasteiger charge is -2.20. The van der Waals surface area contributed by atoms with Crippen molar-refractivity contribution in [2.75, 3.05) is 5.32 Å². The molecule has 0 heterocycles. The Morgan fingerprint density at radius 2 is 2.05 bits per heavy atom. The summed E-state index contributed by atoms with van der Waals surface area (Å²) in [6.45, 7) is 0. The summed E-state index contributed by atoms with van der Waals surface area (Å²) in [4.78, 5) is 12.2. The fourth-order valence-corrected chi connectivity index (χ4v) is 2.66. The Morgan fingerprint density at radius 1 is 1.32 bits per heavy atom. The van der Waals surface area contributed by atoms with Gasteiger partial charge in [-0.1, -0.05) is 30.9 Å². The highest BCUT2D eigenvalue weighted by molar-refractivity contribution is 6.32. The molecule has 0 aromatic heterocycles. The van der Waals surface area contributed by atoms with Gasteiger partial charge in [-0.25, -0.2) is 0 Å². The first-order valence-electron chi connectivity index (χ1n) is 6.63. The summed E-state index contributed by atoms with van der Waals surface area (Å²) in [5.74, 6) is -0.197. The minimum atomic E-state index is -0.143. The Bertz CT molecular complexity index is 465. The zero-order valence-corrected chi connectivity index (χ0v) is 11.5. The molecule has 0 spiro atoms. The van der Waals surface area contributed by atoms with Crippen LogP contribution in [0.4, 0.5) is 5.69 Å². The zero-order valence-electron chi connectivity index (χ0n) is 10.7. The molecule has 1 aromatic carbocycles. The second-order valence-electron chi connectivity index (χ2n) is 5.06. The van der Waals surface area contributed by atoms with Crippen molar-refractivity contribution in [2.45, 2.75) is 38.1 Å². The first-order valence-corrected chi connectivity index (χ1v) is 7.00. The first kappa shape index (κ1) is 14.2. The van der Waals surface area contributed by atoms with Crippen molar-refractivity contribution >= 4 is 23.2 Å². The van der Waals surface area contributed by atoms with Gasteiger partial charge in [-0.15, -0.1) is 0 Å². The Kier molecular flexibility index (Phi) is 4.66. The number of nitrogens with one attached hydrogen (secondary N) is 1. The molecule has 0 bridgehead atoms. The molecule has 1 aliphatic carbocycles. The number of carbonyl (C=O) groups excluding carboxylic acids is 1. The minimum Gasteiger partial charge on any atom is -0.506 e. The fraction of sp³-hybridized carbons (Fsp3) is 0.500. The fourth-order valence-electron chi connectivity index (χ4n) is 2.48. The van der Waals surface area contributed by atoms with Gasteiger partial charge < -0.3 is 16.2 Å². The van der Waals surface area contributed by atoms with E-state index in [0.29, 0.717) is 5.69 Å². The van der Waals surface area contributed by atoms with Crippen LogP contribution >= 0.6 is 11.6 Å². The van der Waals surface area contributed by atoms with Crippen LogP contribution in [0.3, 0.4) is 0 Å². The number of carbonyl (C=O) groups is 1. The van der Waals surface area contributed by atoms with Crippen molar-refractivity contribution in [3.05, 3.63) is 23.2 Å². The number of phenolic OH excluding ortho intramolecular Hbond substituents is 1. The third-order valence-corrected chi connectivity index (χ3v) is 3.92. The predicted molar refractivity (Wildman–Crippen MR) is 76.3 cm³/mol. The van der Waals surface area contributed by atoms with Crippen LogP contribution in [0.15, 0.2) is 18.2 Å². The van der Waals surface area contributed by atoms with E-state index in [1.807, 2.05) is 0 Å². The monoisotopic (exact) mass is 282 g/mol. The maximum atomic E-state index is 12.2. The molecule has 2 unspecified atom stereocenters. The van der Waals surface area contributed by atoms with Crippen molar-refractivity contribution in [3.63, 3.8) is 0 Å². The lowest BCUT2D eigenvalue weighted by molar-refractivity contribution is -0.120. The van der Waals surface area contributed by atoms with Crippen LogP contribution in [0.25, 0.3) is 0 Å². The summed E-state index contributed by atoms with van der Waals surface area (Å²) in [6, 6.07) is 4.55. The standard InChI is InChI=1S/C14H19ClN2O2/c15-11-8-9(6-7-13(11)18)17-14(19)10-4-2-1-3-5-12(10)16/h6-8,10,12,18H,1-5,16H2,(H,17,19). The van der Waals surface area contributed by atoms with E-state index in [4.69, 9.17) is 17.3 Å². The number of hydrogen-bond acceptors (Lipinski definition) is 3. The summed E-state index contributed by atoms with van der Waals surface area (Å²) >= 11 is 5.81. The Hall–Kier alpha value is -1.26. The number of hydrogen-bond donors (Lipinski definition) is 3. The summed E-state index contributed by atoms with van der Waals surface area (Å²) in [5.41, 5.74) is 6.65. The average molecular weight is 283 g/mol. The Labute approximate surface area is 117 Å². The van der Waals surface area contributed by atoms with Gasteiger partial charge in [0.2, 0.25) is 5.91 Å². The van der Waals surface area contributed by atoms with Gasteiger partial charge in [-0.2, -0.15) is 0 Å². The van der Waals surface area contributed by atoms with Gasteiger partial charge in [0.05, 0.1) is 10.9 Å². The van der Waals surface area contributed by atoms with Crippen LogP contribution in [-0.4, -0.2) is 17.1 Å². The van der Waals surface area contributed by atoms with Crippen LogP contribution in [-0.2, 0) is 4.79 Å². The van der Waals surface area contributed by atoms with E-state index in [-0.39, 0.29) is 28.6 Å².